The van der Waals surface area contributed by atoms with E-state index in [-0.39, 0.29) is 18.2 Å². The van der Waals surface area contributed by atoms with Crippen molar-refractivity contribution in [3.05, 3.63) is 33.5 Å². The van der Waals surface area contributed by atoms with Crippen LogP contribution in [0.4, 0.5) is 5.95 Å². The summed E-state index contributed by atoms with van der Waals surface area (Å²) in [6, 6.07) is -0.139. The highest BCUT2D eigenvalue weighted by Crippen LogP contribution is 2.22. The number of nitrogens with one attached hydrogen (secondary N) is 1. The second-order valence-corrected chi connectivity index (χ2v) is 5.92. The molecular weight excluding hydrogens is 312 g/mol. The Morgan fingerprint density at radius 1 is 1.38 bits per heavy atom. The molecule has 1 aliphatic rings. The lowest BCUT2D eigenvalue weighted by Gasteiger charge is -2.36. The van der Waals surface area contributed by atoms with Crippen LogP contribution in [0.25, 0.3) is 11.2 Å². The quantitative estimate of drug-likeness (QED) is 0.653. The number of aromatic nitrogens is 4. The molecule has 1 aliphatic heterocycles. The number of aryl methyl sites for hydroxylation is 1. The minimum Gasteiger partial charge on any atom is -0.394 e. The van der Waals surface area contributed by atoms with Gasteiger partial charge in [-0.1, -0.05) is 6.08 Å². The van der Waals surface area contributed by atoms with Gasteiger partial charge in [0.25, 0.3) is 5.56 Å². The van der Waals surface area contributed by atoms with E-state index in [0.29, 0.717) is 36.7 Å². The Hall–Kier alpha value is -2.39. The Labute approximate surface area is 138 Å². The average Bonchev–Trinajstić information content (AvgIpc) is 2.97. The van der Waals surface area contributed by atoms with Crippen molar-refractivity contribution in [2.75, 3.05) is 31.1 Å². The number of hydrogen-bond acceptors (Lipinski definition) is 6. The predicted molar refractivity (Wildman–Crippen MR) is 91.5 cm³/mol. The van der Waals surface area contributed by atoms with E-state index in [4.69, 9.17) is 0 Å². The summed E-state index contributed by atoms with van der Waals surface area (Å²) in [7, 11) is 3.05. The van der Waals surface area contributed by atoms with Crippen LogP contribution in [-0.4, -0.2) is 56.1 Å². The molecular formula is C15H22N6O3. The standard InChI is InChI=1S/C15H22N6O3/c1-4-6-21-11-12(18(2)15(24)19(3)13(11)23)17-14(21)20-7-5-16-8-10(20)9-22/h4,10,16,22H,1,5-9H2,2-3H3. The number of fused-ring (bicyclic) bond motifs is 1. The molecule has 1 saturated heterocycles. The Morgan fingerprint density at radius 3 is 2.79 bits per heavy atom. The Morgan fingerprint density at radius 2 is 2.12 bits per heavy atom. The monoisotopic (exact) mass is 334 g/mol. The Kier molecular flexibility index (Phi) is 4.29. The van der Waals surface area contributed by atoms with E-state index in [1.165, 1.54) is 11.6 Å². The number of hydrogen-bond donors (Lipinski definition) is 2. The van der Waals surface area contributed by atoms with Crippen molar-refractivity contribution in [2.45, 2.75) is 12.6 Å². The minimum atomic E-state index is -0.415. The van der Waals surface area contributed by atoms with Gasteiger partial charge in [-0.15, -0.1) is 6.58 Å². The molecule has 0 spiro atoms. The zero-order chi connectivity index (χ0) is 17.4. The largest absolute Gasteiger partial charge is 0.394 e. The average molecular weight is 334 g/mol. The number of aliphatic hydroxyl groups excluding tert-OH is 1. The van der Waals surface area contributed by atoms with Gasteiger partial charge >= 0.3 is 5.69 Å². The molecule has 0 amide bonds. The van der Waals surface area contributed by atoms with Gasteiger partial charge in [0.05, 0.1) is 12.6 Å². The molecule has 0 aliphatic carbocycles. The molecule has 0 radical (unpaired) electrons. The van der Waals surface area contributed by atoms with Crippen LogP contribution in [0.1, 0.15) is 0 Å². The molecule has 2 N–H and O–H groups in total. The van der Waals surface area contributed by atoms with Crippen LogP contribution in [0.5, 0.6) is 0 Å². The van der Waals surface area contributed by atoms with E-state index in [1.54, 1.807) is 17.7 Å². The van der Waals surface area contributed by atoms with Crippen molar-refractivity contribution >= 4 is 17.1 Å². The summed E-state index contributed by atoms with van der Waals surface area (Å²) in [5, 5.41) is 12.9. The zero-order valence-electron chi connectivity index (χ0n) is 13.9. The number of imidazole rings is 1. The summed E-state index contributed by atoms with van der Waals surface area (Å²) < 4.78 is 4.21. The number of anilines is 1. The third kappa shape index (κ3) is 2.36. The summed E-state index contributed by atoms with van der Waals surface area (Å²) in [6.45, 7) is 6.15. The van der Waals surface area contributed by atoms with E-state index in [1.807, 2.05) is 4.90 Å². The zero-order valence-corrected chi connectivity index (χ0v) is 13.9. The highest BCUT2D eigenvalue weighted by molar-refractivity contribution is 5.74. The fourth-order valence-electron chi connectivity index (χ4n) is 3.14. The first-order chi connectivity index (χ1) is 11.5. The number of nitrogens with zero attached hydrogens (tertiary/aromatic N) is 5. The first-order valence-corrected chi connectivity index (χ1v) is 7.86. The van der Waals surface area contributed by atoms with E-state index in [2.05, 4.69) is 16.9 Å². The molecule has 3 heterocycles. The second kappa shape index (κ2) is 6.25. The summed E-state index contributed by atoms with van der Waals surface area (Å²) in [5.41, 5.74) is -0.0920. The van der Waals surface area contributed by atoms with Gasteiger partial charge in [-0.2, -0.15) is 4.98 Å². The molecule has 1 unspecified atom stereocenters. The van der Waals surface area contributed by atoms with Gasteiger partial charge in [0.2, 0.25) is 5.95 Å². The minimum absolute atomic E-state index is 0.0266. The van der Waals surface area contributed by atoms with Gasteiger partial charge in [0, 0.05) is 40.3 Å². The normalized spacial score (nSPS) is 18.3. The molecule has 130 valence electrons. The van der Waals surface area contributed by atoms with E-state index >= 15 is 0 Å². The van der Waals surface area contributed by atoms with Crippen LogP contribution >= 0.6 is 0 Å². The summed E-state index contributed by atoms with van der Waals surface area (Å²) in [4.78, 5) is 31.3. The maximum atomic E-state index is 12.6. The lowest BCUT2D eigenvalue weighted by atomic mass is 10.2. The predicted octanol–water partition coefficient (Wildman–Crippen LogP) is -1.61. The van der Waals surface area contributed by atoms with E-state index in [0.717, 1.165) is 11.1 Å². The molecule has 3 rings (SSSR count). The number of allylic oxidation sites excluding steroid dienone is 1. The van der Waals surface area contributed by atoms with Crippen LogP contribution in [0.15, 0.2) is 22.2 Å². The van der Waals surface area contributed by atoms with Gasteiger partial charge in [-0.05, 0) is 0 Å². The highest BCUT2D eigenvalue weighted by atomic mass is 16.3. The third-order valence-corrected chi connectivity index (χ3v) is 4.46. The maximum absolute atomic E-state index is 12.6. The first kappa shape index (κ1) is 16.5. The lowest BCUT2D eigenvalue weighted by Crippen LogP contribution is -2.54. The molecule has 2 aromatic heterocycles. The van der Waals surface area contributed by atoms with E-state index < -0.39 is 5.69 Å². The van der Waals surface area contributed by atoms with Crippen molar-refractivity contribution < 1.29 is 5.11 Å². The highest BCUT2D eigenvalue weighted by Gasteiger charge is 2.28. The molecule has 0 aromatic carbocycles. The summed E-state index contributed by atoms with van der Waals surface area (Å²) in [6.07, 6.45) is 1.69. The second-order valence-electron chi connectivity index (χ2n) is 5.92. The van der Waals surface area contributed by atoms with Crippen molar-refractivity contribution in [2.24, 2.45) is 14.1 Å². The molecule has 0 bridgehead atoms. The molecule has 0 saturated carbocycles. The molecule has 1 fully saturated rings. The lowest BCUT2D eigenvalue weighted by molar-refractivity contribution is 0.244. The molecule has 24 heavy (non-hydrogen) atoms. The fourth-order valence-corrected chi connectivity index (χ4v) is 3.14. The summed E-state index contributed by atoms with van der Waals surface area (Å²) in [5.74, 6) is 0.573. The number of aliphatic hydroxyl groups is 1. The fraction of sp³-hybridized carbons (Fsp3) is 0.533. The number of rotatable bonds is 4. The summed E-state index contributed by atoms with van der Waals surface area (Å²) >= 11 is 0. The van der Waals surface area contributed by atoms with Gasteiger partial charge in [-0.25, -0.2) is 4.79 Å². The van der Waals surface area contributed by atoms with Crippen molar-refractivity contribution in [1.29, 1.82) is 0 Å². The Bertz CT molecular complexity index is 893. The SMILES string of the molecule is C=CCn1c(N2CCNCC2CO)nc2c1c(=O)n(C)c(=O)n2C. The van der Waals surface area contributed by atoms with Gasteiger partial charge in [0.1, 0.15) is 0 Å². The van der Waals surface area contributed by atoms with Crippen LogP contribution in [0.3, 0.4) is 0 Å². The molecule has 9 heteroatoms. The Balaban J connectivity index is 2.32. The van der Waals surface area contributed by atoms with E-state index in [9.17, 15) is 14.7 Å². The third-order valence-electron chi connectivity index (χ3n) is 4.46. The first-order valence-electron chi connectivity index (χ1n) is 7.86. The van der Waals surface area contributed by atoms with Crippen molar-refractivity contribution in [3.63, 3.8) is 0 Å². The van der Waals surface area contributed by atoms with Gasteiger partial charge in [0.15, 0.2) is 11.2 Å². The molecule has 1 atom stereocenters. The van der Waals surface area contributed by atoms with Crippen molar-refractivity contribution in [1.82, 2.24) is 24.0 Å². The van der Waals surface area contributed by atoms with Crippen LogP contribution in [0.2, 0.25) is 0 Å². The number of piperazine rings is 1. The van der Waals surface area contributed by atoms with Crippen LogP contribution in [-0.2, 0) is 20.6 Å². The molecule has 9 nitrogen and oxygen atoms in total. The topological polar surface area (TPSA) is 97.3 Å². The van der Waals surface area contributed by atoms with Crippen LogP contribution in [0, 0.1) is 0 Å². The van der Waals surface area contributed by atoms with Crippen molar-refractivity contribution in [3.8, 4) is 0 Å². The van der Waals surface area contributed by atoms with Gasteiger partial charge < -0.3 is 19.9 Å². The maximum Gasteiger partial charge on any atom is 0.332 e. The van der Waals surface area contributed by atoms with Gasteiger partial charge in [-0.3, -0.25) is 13.9 Å². The molecule has 2 aromatic rings. The smallest absolute Gasteiger partial charge is 0.332 e. The van der Waals surface area contributed by atoms with Crippen LogP contribution < -0.4 is 21.5 Å².